The molecular weight excluding hydrogens is 234 g/mol. The molecule has 1 fully saturated rings. The zero-order valence-electron chi connectivity index (χ0n) is 9.11. The maximum absolute atomic E-state index is 6.26. The summed E-state index contributed by atoms with van der Waals surface area (Å²) in [5.41, 5.74) is 1.73. The molecule has 1 aliphatic carbocycles. The average Bonchev–Trinajstić information content (AvgIpc) is 3.11. The van der Waals surface area contributed by atoms with E-state index in [1.165, 1.54) is 12.8 Å². The molecular formula is C14H10ClNO. The number of benzene rings is 1. The van der Waals surface area contributed by atoms with E-state index in [-0.39, 0.29) is 0 Å². The summed E-state index contributed by atoms with van der Waals surface area (Å²) in [5.74, 6) is 1.69. The fourth-order valence-electron chi connectivity index (χ4n) is 2.28. The molecule has 3 aromatic rings. The topological polar surface area (TPSA) is 26.0 Å². The van der Waals surface area contributed by atoms with Crippen LogP contribution in [0.1, 0.15) is 24.5 Å². The van der Waals surface area contributed by atoms with Crippen molar-refractivity contribution >= 4 is 33.5 Å². The lowest BCUT2D eigenvalue weighted by Crippen LogP contribution is -1.79. The van der Waals surface area contributed by atoms with Crippen LogP contribution in [0.5, 0.6) is 0 Å². The van der Waals surface area contributed by atoms with E-state index in [2.05, 4.69) is 11.1 Å². The molecule has 1 saturated carbocycles. The summed E-state index contributed by atoms with van der Waals surface area (Å²) in [7, 11) is 0. The molecule has 0 saturated heterocycles. The minimum Gasteiger partial charge on any atom is -0.458 e. The minimum atomic E-state index is 0.611. The zero-order valence-corrected chi connectivity index (χ0v) is 9.87. The van der Waals surface area contributed by atoms with Crippen molar-refractivity contribution in [3.05, 3.63) is 41.2 Å². The molecule has 17 heavy (non-hydrogen) atoms. The SMILES string of the molecule is Clc1cc2cc(C3CC3)oc2c2ncccc12. The Morgan fingerprint density at radius 1 is 1.29 bits per heavy atom. The lowest BCUT2D eigenvalue weighted by atomic mass is 10.1. The van der Waals surface area contributed by atoms with Gasteiger partial charge in [0, 0.05) is 22.9 Å². The third-order valence-electron chi connectivity index (χ3n) is 3.32. The number of hydrogen-bond acceptors (Lipinski definition) is 2. The van der Waals surface area contributed by atoms with Crippen LogP contribution in [0.15, 0.2) is 34.9 Å². The van der Waals surface area contributed by atoms with E-state index in [9.17, 15) is 0 Å². The van der Waals surface area contributed by atoms with E-state index in [1.807, 2.05) is 18.2 Å². The summed E-state index contributed by atoms with van der Waals surface area (Å²) in [6, 6.07) is 7.94. The van der Waals surface area contributed by atoms with E-state index in [0.29, 0.717) is 5.92 Å². The van der Waals surface area contributed by atoms with E-state index >= 15 is 0 Å². The van der Waals surface area contributed by atoms with Crippen molar-refractivity contribution in [2.24, 2.45) is 0 Å². The third-order valence-corrected chi connectivity index (χ3v) is 3.63. The molecule has 1 aromatic carbocycles. The van der Waals surface area contributed by atoms with E-state index < -0.39 is 0 Å². The van der Waals surface area contributed by atoms with Gasteiger partial charge in [-0.25, -0.2) is 0 Å². The molecule has 0 N–H and O–H groups in total. The normalized spacial score (nSPS) is 15.8. The van der Waals surface area contributed by atoms with Gasteiger partial charge in [-0.2, -0.15) is 0 Å². The average molecular weight is 244 g/mol. The van der Waals surface area contributed by atoms with Gasteiger partial charge in [0.05, 0.1) is 5.02 Å². The van der Waals surface area contributed by atoms with Crippen LogP contribution < -0.4 is 0 Å². The molecule has 2 heterocycles. The first-order valence-electron chi connectivity index (χ1n) is 5.79. The molecule has 0 amide bonds. The molecule has 3 heteroatoms. The Bertz CT molecular complexity index is 727. The van der Waals surface area contributed by atoms with Gasteiger partial charge in [-0.15, -0.1) is 0 Å². The van der Waals surface area contributed by atoms with Gasteiger partial charge in [0.15, 0.2) is 5.58 Å². The molecule has 0 aliphatic heterocycles. The number of pyridine rings is 1. The highest BCUT2D eigenvalue weighted by Crippen LogP contribution is 2.43. The van der Waals surface area contributed by atoms with Gasteiger partial charge in [-0.3, -0.25) is 4.98 Å². The predicted molar refractivity (Wildman–Crippen MR) is 68.5 cm³/mol. The lowest BCUT2D eigenvalue weighted by molar-refractivity contribution is 0.554. The third kappa shape index (κ3) is 1.37. The molecule has 2 aromatic heterocycles. The van der Waals surface area contributed by atoms with Gasteiger partial charge in [-0.1, -0.05) is 11.6 Å². The maximum Gasteiger partial charge on any atom is 0.160 e. The smallest absolute Gasteiger partial charge is 0.160 e. The fraction of sp³-hybridized carbons (Fsp3) is 0.214. The Labute approximate surface area is 103 Å². The van der Waals surface area contributed by atoms with Crippen LogP contribution in [0.3, 0.4) is 0 Å². The Hall–Kier alpha value is -1.54. The molecule has 0 spiro atoms. The molecule has 0 bridgehead atoms. The summed E-state index contributed by atoms with van der Waals surface area (Å²) < 4.78 is 5.94. The van der Waals surface area contributed by atoms with Gasteiger partial charge < -0.3 is 4.42 Å². The van der Waals surface area contributed by atoms with Gasteiger partial charge in [0.2, 0.25) is 0 Å². The number of fused-ring (bicyclic) bond motifs is 3. The van der Waals surface area contributed by atoms with Crippen molar-refractivity contribution in [1.82, 2.24) is 4.98 Å². The summed E-state index contributed by atoms with van der Waals surface area (Å²) >= 11 is 6.26. The Morgan fingerprint density at radius 2 is 2.18 bits per heavy atom. The summed E-state index contributed by atoms with van der Waals surface area (Å²) in [6.07, 6.45) is 4.25. The molecule has 84 valence electrons. The van der Waals surface area contributed by atoms with Crippen molar-refractivity contribution in [2.45, 2.75) is 18.8 Å². The van der Waals surface area contributed by atoms with Crippen molar-refractivity contribution in [2.75, 3.05) is 0 Å². The minimum absolute atomic E-state index is 0.611. The largest absolute Gasteiger partial charge is 0.458 e. The second-order valence-electron chi connectivity index (χ2n) is 4.60. The van der Waals surface area contributed by atoms with E-state index in [0.717, 1.165) is 32.7 Å². The fourth-order valence-corrected chi connectivity index (χ4v) is 2.55. The van der Waals surface area contributed by atoms with Crippen LogP contribution >= 0.6 is 11.6 Å². The maximum atomic E-state index is 6.26. The quantitative estimate of drug-likeness (QED) is 0.628. The number of furan rings is 1. The summed E-state index contributed by atoms with van der Waals surface area (Å²) in [4.78, 5) is 4.39. The molecule has 1 aliphatic rings. The molecule has 2 nitrogen and oxygen atoms in total. The first-order valence-corrected chi connectivity index (χ1v) is 6.17. The highest BCUT2D eigenvalue weighted by molar-refractivity contribution is 6.37. The van der Waals surface area contributed by atoms with Crippen LogP contribution in [-0.4, -0.2) is 4.98 Å². The first-order chi connectivity index (χ1) is 8.33. The van der Waals surface area contributed by atoms with Crippen molar-refractivity contribution in [1.29, 1.82) is 0 Å². The molecule has 0 radical (unpaired) electrons. The lowest BCUT2D eigenvalue weighted by Gasteiger charge is -1.99. The van der Waals surface area contributed by atoms with Crippen LogP contribution in [-0.2, 0) is 0 Å². The second kappa shape index (κ2) is 3.23. The first kappa shape index (κ1) is 9.49. The van der Waals surface area contributed by atoms with Crippen LogP contribution in [0.2, 0.25) is 5.02 Å². The predicted octanol–water partition coefficient (Wildman–Crippen LogP) is 4.51. The molecule has 0 unspecified atom stereocenters. The van der Waals surface area contributed by atoms with Gasteiger partial charge in [0.1, 0.15) is 11.3 Å². The second-order valence-corrected chi connectivity index (χ2v) is 5.01. The highest BCUT2D eigenvalue weighted by Gasteiger charge is 2.27. The van der Waals surface area contributed by atoms with Gasteiger partial charge in [0.25, 0.3) is 0 Å². The zero-order chi connectivity index (χ0) is 11.4. The number of nitrogens with zero attached hydrogens (tertiary/aromatic N) is 1. The van der Waals surface area contributed by atoms with Gasteiger partial charge in [-0.05, 0) is 37.1 Å². The van der Waals surface area contributed by atoms with Crippen LogP contribution in [0.25, 0.3) is 21.9 Å². The van der Waals surface area contributed by atoms with E-state index in [1.54, 1.807) is 6.20 Å². The summed E-state index contributed by atoms with van der Waals surface area (Å²) in [6.45, 7) is 0. The van der Waals surface area contributed by atoms with E-state index in [4.69, 9.17) is 16.0 Å². The Kier molecular flexibility index (Phi) is 1.80. The van der Waals surface area contributed by atoms with Crippen molar-refractivity contribution in [3.8, 4) is 0 Å². The number of halogens is 1. The van der Waals surface area contributed by atoms with Crippen LogP contribution in [0, 0.1) is 0 Å². The number of hydrogen-bond donors (Lipinski definition) is 0. The van der Waals surface area contributed by atoms with Crippen LogP contribution in [0.4, 0.5) is 0 Å². The highest BCUT2D eigenvalue weighted by atomic mass is 35.5. The number of aromatic nitrogens is 1. The van der Waals surface area contributed by atoms with Crippen molar-refractivity contribution in [3.63, 3.8) is 0 Å². The monoisotopic (exact) mass is 243 g/mol. The van der Waals surface area contributed by atoms with Gasteiger partial charge >= 0.3 is 0 Å². The molecule has 0 atom stereocenters. The van der Waals surface area contributed by atoms with Crippen molar-refractivity contribution < 1.29 is 4.42 Å². The standard InChI is InChI=1S/C14H10ClNO/c15-11-6-9-7-12(8-3-4-8)17-14(9)13-10(11)2-1-5-16-13/h1-2,5-8H,3-4H2. The molecule has 4 rings (SSSR count). The Morgan fingerprint density at radius 3 is 3.00 bits per heavy atom. The Balaban J connectivity index is 2.14. The summed E-state index contributed by atoms with van der Waals surface area (Å²) in [5, 5.41) is 2.75. The number of rotatable bonds is 1.